The van der Waals surface area contributed by atoms with Gasteiger partial charge >= 0.3 is 6.36 Å². The summed E-state index contributed by atoms with van der Waals surface area (Å²) in [5.41, 5.74) is 1.88. The maximum atomic E-state index is 12.4. The first kappa shape index (κ1) is 24.4. The molecule has 1 heterocycles. The van der Waals surface area contributed by atoms with Crippen LogP contribution in [0, 0.1) is 0 Å². The average Bonchev–Trinajstić information content (AvgIpc) is 2.63. The highest BCUT2D eigenvalue weighted by Crippen LogP contribution is 2.36. The first-order chi connectivity index (χ1) is 12.5. The Hall–Kier alpha value is -1.67. The number of piperazine rings is 1. The second-order valence-electron chi connectivity index (χ2n) is 6.05. The van der Waals surface area contributed by atoms with Crippen LogP contribution in [0.4, 0.5) is 13.2 Å². The Morgan fingerprint density at radius 3 is 2.14 bits per heavy atom. The molecule has 1 saturated heterocycles. The van der Waals surface area contributed by atoms with Gasteiger partial charge in [-0.15, -0.1) is 38.0 Å². The van der Waals surface area contributed by atoms with Crippen molar-refractivity contribution >= 4 is 24.8 Å². The van der Waals surface area contributed by atoms with Crippen molar-refractivity contribution in [1.29, 1.82) is 0 Å². The number of benzene rings is 2. The summed E-state index contributed by atoms with van der Waals surface area (Å²) in [6, 6.07) is 13.7. The number of nitrogens with one attached hydrogen (secondary N) is 1. The third-order valence-corrected chi connectivity index (χ3v) is 4.38. The number of alkyl halides is 3. The van der Waals surface area contributed by atoms with Crippen LogP contribution in [0.15, 0.2) is 48.5 Å². The van der Waals surface area contributed by atoms with E-state index in [-0.39, 0.29) is 36.6 Å². The number of ether oxygens (including phenoxy) is 2. The molecule has 1 aliphatic heterocycles. The molecule has 1 atom stereocenters. The smallest absolute Gasteiger partial charge is 0.496 e. The van der Waals surface area contributed by atoms with Crippen LogP contribution < -0.4 is 14.8 Å². The maximum absolute atomic E-state index is 12.4. The third-order valence-electron chi connectivity index (χ3n) is 4.38. The van der Waals surface area contributed by atoms with Crippen LogP contribution in [0.25, 0.3) is 0 Å². The average molecular weight is 439 g/mol. The molecule has 0 spiro atoms. The fourth-order valence-electron chi connectivity index (χ4n) is 3.27. The second kappa shape index (κ2) is 10.8. The predicted molar refractivity (Wildman–Crippen MR) is 107 cm³/mol. The van der Waals surface area contributed by atoms with E-state index in [9.17, 15) is 13.2 Å². The van der Waals surface area contributed by atoms with Crippen LogP contribution >= 0.6 is 24.8 Å². The summed E-state index contributed by atoms with van der Waals surface area (Å²) in [5, 5.41) is 3.32. The van der Waals surface area contributed by atoms with E-state index < -0.39 is 6.36 Å². The number of hydrogen-bond donors (Lipinski definition) is 1. The zero-order valence-corrected chi connectivity index (χ0v) is 16.9. The van der Waals surface area contributed by atoms with Gasteiger partial charge < -0.3 is 14.8 Å². The number of methoxy groups -OCH3 is 1. The van der Waals surface area contributed by atoms with Gasteiger partial charge in [0.1, 0.15) is 11.5 Å². The highest BCUT2D eigenvalue weighted by atomic mass is 35.5. The van der Waals surface area contributed by atoms with Crippen molar-refractivity contribution in [2.45, 2.75) is 12.4 Å². The van der Waals surface area contributed by atoms with Crippen molar-refractivity contribution < 1.29 is 22.6 Å². The standard InChI is InChI=1S/C19H21F3N2O2.2ClH/c1-25-17-5-3-2-4-16(17)18(24-12-10-23-11-13-24)14-6-8-15(9-7-14)26-19(20,21)22;;/h2-9,18,23H,10-13H2,1H3;2*1H/t18-;;/m1../s1. The molecule has 1 aliphatic rings. The molecule has 0 aliphatic carbocycles. The van der Waals surface area contributed by atoms with Gasteiger partial charge in [-0.25, -0.2) is 0 Å². The molecule has 3 rings (SSSR count). The first-order valence-electron chi connectivity index (χ1n) is 8.41. The fourth-order valence-corrected chi connectivity index (χ4v) is 3.27. The number of halogens is 5. The first-order valence-corrected chi connectivity index (χ1v) is 8.41. The monoisotopic (exact) mass is 438 g/mol. The summed E-state index contributed by atoms with van der Waals surface area (Å²) in [7, 11) is 1.62. The van der Waals surface area contributed by atoms with E-state index in [4.69, 9.17) is 4.74 Å². The molecule has 0 saturated carbocycles. The number of nitrogens with zero attached hydrogens (tertiary/aromatic N) is 1. The Bertz CT molecular complexity index is 724. The minimum atomic E-state index is -4.69. The van der Waals surface area contributed by atoms with Crippen LogP contribution in [0.2, 0.25) is 0 Å². The van der Waals surface area contributed by atoms with Crippen molar-refractivity contribution in [2.75, 3.05) is 33.3 Å². The molecule has 0 aromatic heterocycles. The van der Waals surface area contributed by atoms with E-state index in [0.717, 1.165) is 43.1 Å². The fraction of sp³-hybridized carbons (Fsp3) is 0.368. The van der Waals surface area contributed by atoms with Gasteiger partial charge in [-0.05, 0) is 23.8 Å². The molecule has 0 radical (unpaired) electrons. The van der Waals surface area contributed by atoms with Gasteiger partial charge in [0.2, 0.25) is 0 Å². The molecule has 1 N–H and O–H groups in total. The summed E-state index contributed by atoms with van der Waals surface area (Å²) < 4.78 is 46.7. The molecule has 156 valence electrons. The lowest BCUT2D eigenvalue weighted by Gasteiger charge is -2.36. The van der Waals surface area contributed by atoms with Gasteiger partial charge in [0, 0.05) is 31.7 Å². The van der Waals surface area contributed by atoms with E-state index in [2.05, 4.69) is 15.0 Å². The van der Waals surface area contributed by atoms with E-state index in [1.54, 1.807) is 19.2 Å². The summed E-state index contributed by atoms with van der Waals surface area (Å²) in [5.74, 6) is 0.534. The number of rotatable bonds is 5. The normalized spacial score (nSPS) is 15.7. The van der Waals surface area contributed by atoms with Crippen LogP contribution in [0.5, 0.6) is 11.5 Å². The molecule has 0 amide bonds. The van der Waals surface area contributed by atoms with Crippen molar-refractivity contribution in [2.24, 2.45) is 0 Å². The van der Waals surface area contributed by atoms with E-state index in [1.165, 1.54) is 12.1 Å². The molecule has 9 heteroatoms. The molecular formula is C19H23Cl2F3N2O2. The Morgan fingerprint density at radius 1 is 0.964 bits per heavy atom. The Kier molecular flexibility index (Phi) is 9.36. The molecule has 4 nitrogen and oxygen atoms in total. The lowest BCUT2D eigenvalue weighted by atomic mass is 9.95. The zero-order valence-electron chi connectivity index (χ0n) is 15.2. The van der Waals surface area contributed by atoms with E-state index in [1.807, 2.05) is 24.3 Å². The molecular weight excluding hydrogens is 416 g/mol. The van der Waals surface area contributed by atoms with Crippen LogP contribution in [0.3, 0.4) is 0 Å². The van der Waals surface area contributed by atoms with Crippen molar-refractivity contribution in [3.8, 4) is 11.5 Å². The minimum Gasteiger partial charge on any atom is -0.496 e. The van der Waals surface area contributed by atoms with Gasteiger partial charge in [-0.2, -0.15) is 0 Å². The van der Waals surface area contributed by atoms with E-state index in [0.29, 0.717) is 0 Å². The maximum Gasteiger partial charge on any atom is 0.573 e. The minimum absolute atomic E-state index is 0. The quantitative estimate of drug-likeness (QED) is 0.748. The summed E-state index contributed by atoms with van der Waals surface area (Å²) in [6.45, 7) is 3.40. The van der Waals surface area contributed by atoms with Gasteiger partial charge in [0.25, 0.3) is 0 Å². The summed E-state index contributed by atoms with van der Waals surface area (Å²) >= 11 is 0. The van der Waals surface area contributed by atoms with Crippen molar-refractivity contribution in [3.63, 3.8) is 0 Å². The Morgan fingerprint density at radius 2 is 1.57 bits per heavy atom. The van der Waals surface area contributed by atoms with Crippen molar-refractivity contribution in [3.05, 3.63) is 59.7 Å². The number of para-hydroxylation sites is 1. The molecule has 2 aromatic rings. The summed E-state index contributed by atoms with van der Waals surface area (Å²) in [4.78, 5) is 2.30. The summed E-state index contributed by atoms with van der Waals surface area (Å²) in [6.07, 6.45) is -4.69. The largest absolute Gasteiger partial charge is 0.573 e. The van der Waals surface area contributed by atoms with Gasteiger partial charge in [-0.3, -0.25) is 4.90 Å². The van der Waals surface area contributed by atoms with Crippen LogP contribution in [-0.4, -0.2) is 44.6 Å². The van der Waals surface area contributed by atoms with E-state index >= 15 is 0 Å². The molecule has 0 unspecified atom stereocenters. The predicted octanol–water partition coefficient (Wildman–Crippen LogP) is 4.43. The molecule has 28 heavy (non-hydrogen) atoms. The zero-order chi connectivity index (χ0) is 18.6. The molecule has 0 bridgehead atoms. The molecule has 2 aromatic carbocycles. The SMILES string of the molecule is COc1ccccc1[C@@H](c1ccc(OC(F)(F)F)cc1)N1CCNCC1.Cl.Cl. The van der Waals surface area contributed by atoms with Crippen LogP contribution in [0.1, 0.15) is 17.2 Å². The Balaban J connectivity index is 0.00000196. The van der Waals surface area contributed by atoms with Crippen LogP contribution in [-0.2, 0) is 0 Å². The lowest BCUT2D eigenvalue weighted by molar-refractivity contribution is -0.274. The van der Waals surface area contributed by atoms with Gasteiger partial charge in [-0.1, -0.05) is 30.3 Å². The number of hydrogen-bond acceptors (Lipinski definition) is 4. The Labute approximate surface area is 174 Å². The third kappa shape index (κ3) is 6.17. The molecule has 1 fully saturated rings. The highest BCUT2D eigenvalue weighted by Gasteiger charge is 2.31. The topological polar surface area (TPSA) is 33.7 Å². The lowest BCUT2D eigenvalue weighted by Crippen LogP contribution is -2.45. The highest BCUT2D eigenvalue weighted by molar-refractivity contribution is 5.85. The van der Waals surface area contributed by atoms with Gasteiger partial charge in [0.05, 0.1) is 13.2 Å². The van der Waals surface area contributed by atoms with Gasteiger partial charge in [0.15, 0.2) is 0 Å². The van der Waals surface area contributed by atoms with Crippen molar-refractivity contribution in [1.82, 2.24) is 10.2 Å². The second-order valence-corrected chi connectivity index (χ2v) is 6.05.